The molecule has 1 rings (SSSR count). The summed E-state index contributed by atoms with van der Waals surface area (Å²) < 4.78 is 22.6. The highest BCUT2D eigenvalue weighted by Gasteiger charge is 2.39. The van der Waals surface area contributed by atoms with Crippen molar-refractivity contribution in [3.05, 3.63) is 0 Å². The second-order valence-electron chi connectivity index (χ2n) is 5.16. The molecular formula is C11H19NO5S. The first kappa shape index (κ1) is 14.9. The highest BCUT2D eigenvalue weighted by atomic mass is 32.2. The van der Waals surface area contributed by atoms with Crippen LogP contribution in [0.5, 0.6) is 0 Å². The molecule has 1 atom stereocenters. The van der Waals surface area contributed by atoms with Gasteiger partial charge < -0.3 is 10.0 Å². The predicted octanol–water partition coefficient (Wildman–Crippen LogP) is 0.133. The summed E-state index contributed by atoms with van der Waals surface area (Å²) in [4.78, 5) is 24.4. The van der Waals surface area contributed by atoms with Crippen LogP contribution < -0.4 is 0 Å². The number of piperidine rings is 1. The third kappa shape index (κ3) is 3.01. The molecule has 0 spiro atoms. The first-order valence-corrected chi connectivity index (χ1v) is 7.74. The molecule has 0 bridgehead atoms. The van der Waals surface area contributed by atoms with E-state index in [0.717, 1.165) is 6.26 Å². The fourth-order valence-electron chi connectivity index (χ4n) is 1.87. The Morgan fingerprint density at radius 1 is 1.28 bits per heavy atom. The van der Waals surface area contributed by atoms with Crippen molar-refractivity contribution < 1.29 is 23.1 Å². The minimum atomic E-state index is -3.40. The lowest BCUT2D eigenvalue weighted by atomic mass is 9.80. The number of amides is 1. The topological polar surface area (TPSA) is 91.8 Å². The van der Waals surface area contributed by atoms with E-state index in [1.165, 1.54) is 11.8 Å². The molecule has 0 aliphatic carbocycles. The molecule has 1 heterocycles. The number of aliphatic carboxylic acids is 1. The van der Waals surface area contributed by atoms with Gasteiger partial charge >= 0.3 is 5.97 Å². The summed E-state index contributed by atoms with van der Waals surface area (Å²) in [5.74, 6) is -1.31. The van der Waals surface area contributed by atoms with Crippen molar-refractivity contribution in [2.75, 3.05) is 19.3 Å². The summed E-state index contributed by atoms with van der Waals surface area (Å²) in [7, 11) is -3.40. The highest BCUT2D eigenvalue weighted by molar-refractivity contribution is 7.92. The molecule has 0 aromatic rings. The number of hydrogen-bond donors (Lipinski definition) is 1. The van der Waals surface area contributed by atoms with Crippen molar-refractivity contribution in [2.45, 2.75) is 31.9 Å². The number of carboxylic acid groups (broad SMARTS) is 1. The van der Waals surface area contributed by atoms with Crippen LogP contribution >= 0.6 is 0 Å². The average molecular weight is 277 g/mol. The molecule has 1 amide bonds. The van der Waals surface area contributed by atoms with Crippen LogP contribution in [0.2, 0.25) is 0 Å². The maximum Gasteiger partial charge on any atom is 0.309 e. The molecule has 1 aliphatic rings. The van der Waals surface area contributed by atoms with E-state index >= 15 is 0 Å². The van der Waals surface area contributed by atoms with Crippen LogP contribution in [0.4, 0.5) is 0 Å². The van der Waals surface area contributed by atoms with Crippen molar-refractivity contribution >= 4 is 21.7 Å². The summed E-state index contributed by atoms with van der Waals surface area (Å²) in [5, 5.41) is 8.00. The van der Waals surface area contributed by atoms with Crippen LogP contribution in [0.15, 0.2) is 0 Å². The van der Waals surface area contributed by atoms with Gasteiger partial charge in [-0.05, 0) is 26.7 Å². The lowest BCUT2D eigenvalue weighted by Crippen LogP contribution is -2.49. The van der Waals surface area contributed by atoms with Crippen molar-refractivity contribution in [2.24, 2.45) is 5.41 Å². The van der Waals surface area contributed by atoms with Crippen molar-refractivity contribution in [1.29, 1.82) is 0 Å². The Labute approximate surface area is 107 Å². The van der Waals surface area contributed by atoms with Crippen molar-refractivity contribution in [1.82, 2.24) is 4.90 Å². The Morgan fingerprint density at radius 3 is 2.06 bits per heavy atom. The zero-order chi connectivity index (χ0) is 14.1. The predicted molar refractivity (Wildman–Crippen MR) is 65.9 cm³/mol. The van der Waals surface area contributed by atoms with E-state index in [0.29, 0.717) is 25.9 Å². The van der Waals surface area contributed by atoms with Gasteiger partial charge in [-0.15, -0.1) is 0 Å². The summed E-state index contributed by atoms with van der Waals surface area (Å²) in [6, 6.07) is 0. The second-order valence-corrected chi connectivity index (χ2v) is 7.53. The number of sulfone groups is 1. The van der Waals surface area contributed by atoms with Crippen LogP contribution in [-0.2, 0) is 19.4 Å². The summed E-state index contributed by atoms with van der Waals surface area (Å²) in [6.07, 6.45) is 1.73. The molecule has 0 radical (unpaired) electrons. The maximum absolute atomic E-state index is 11.9. The minimum absolute atomic E-state index is 0.293. The molecule has 0 aromatic heterocycles. The Morgan fingerprint density at radius 2 is 1.72 bits per heavy atom. The number of carboxylic acids is 1. The fourth-order valence-corrected chi connectivity index (χ4v) is 2.39. The molecule has 1 unspecified atom stereocenters. The van der Waals surface area contributed by atoms with Gasteiger partial charge in [0.05, 0.1) is 5.41 Å². The number of hydrogen-bond acceptors (Lipinski definition) is 4. The molecule has 18 heavy (non-hydrogen) atoms. The van der Waals surface area contributed by atoms with E-state index in [4.69, 9.17) is 5.11 Å². The number of likely N-dealkylation sites (tertiary alicyclic amines) is 1. The monoisotopic (exact) mass is 277 g/mol. The first-order valence-electron chi connectivity index (χ1n) is 5.79. The van der Waals surface area contributed by atoms with E-state index in [9.17, 15) is 18.0 Å². The largest absolute Gasteiger partial charge is 0.481 e. The summed E-state index contributed by atoms with van der Waals surface area (Å²) in [5.41, 5.74) is -0.814. The van der Waals surface area contributed by atoms with Crippen LogP contribution in [0.3, 0.4) is 0 Å². The Balaban J connectivity index is 2.70. The van der Waals surface area contributed by atoms with Crippen LogP contribution in [0.1, 0.15) is 26.7 Å². The second kappa shape index (κ2) is 4.87. The molecule has 1 fully saturated rings. The van der Waals surface area contributed by atoms with Gasteiger partial charge in [-0.25, -0.2) is 8.42 Å². The smallest absolute Gasteiger partial charge is 0.309 e. The lowest BCUT2D eigenvalue weighted by Gasteiger charge is -2.37. The normalized spacial score (nSPS) is 21.4. The van der Waals surface area contributed by atoms with E-state index in [2.05, 4.69) is 0 Å². The molecule has 1 aliphatic heterocycles. The van der Waals surface area contributed by atoms with E-state index in [1.54, 1.807) is 6.92 Å². The molecule has 0 aromatic carbocycles. The van der Waals surface area contributed by atoms with Gasteiger partial charge in [-0.2, -0.15) is 0 Å². The summed E-state index contributed by atoms with van der Waals surface area (Å²) >= 11 is 0. The van der Waals surface area contributed by atoms with E-state index in [-0.39, 0.29) is 0 Å². The lowest BCUT2D eigenvalue weighted by molar-refractivity contribution is -0.152. The molecule has 0 saturated carbocycles. The van der Waals surface area contributed by atoms with Gasteiger partial charge in [0.2, 0.25) is 5.91 Å². The van der Waals surface area contributed by atoms with E-state index in [1.807, 2.05) is 0 Å². The van der Waals surface area contributed by atoms with Crippen LogP contribution in [-0.4, -0.2) is 54.9 Å². The highest BCUT2D eigenvalue weighted by Crippen LogP contribution is 2.31. The third-order valence-electron chi connectivity index (χ3n) is 3.68. The number of carbonyl (C=O) groups excluding carboxylic acids is 1. The zero-order valence-corrected chi connectivity index (χ0v) is 11.7. The quantitative estimate of drug-likeness (QED) is 0.792. The Kier molecular flexibility index (Phi) is 4.05. The van der Waals surface area contributed by atoms with Gasteiger partial charge in [-0.1, -0.05) is 0 Å². The number of rotatable bonds is 3. The minimum Gasteiger partial charge on any atom is -0.481 e. The summed E-state index contributed by atoms with van der Waals surface area (Å²) in [6.45, 7) is 3.60. The van der Waals surface area contributed by atoms with Gasteiger partial charge in [0.25, 0.3) is 0 Å². The van der Waals surface area contributed by atoms with Crippen molar-refractivity contribution in [3.8, 4) is 0 Å². The van der Waals surface area contributed by atoms with Crippen molar-refractivity contribution in [3.63, 3.8) is 0 Å². The number of carbonyl (C=O) groups is 2. The van der Waals surface area contributed by atoms with Crippen LogP contribution in [0.25, 0.3) is 0 Å². The molecular weight excluding hydrogens is 258 g/mol. The Hall–Kier alpha value is -1.11. The Bertz CT molecular complexity index is 448. The number of nitrogens with zero attached hydrogens (tertiary/aromatic N) is 1. The molecule has 1 N–H and O–H groups in total. The SMILES string of the molecule is CC(C(=O)N1CCC(C)(C(=O)O)CC1)S(C)(=O)=O. The third-order valence-corrected chi connectivity index (χ3v) is 5.17. The molecule has 6 nitrogen and oxygen atoms in total. The fraction of sp³-hybridized carbons (Fsp3) is 0.818. The average Bonchev–Trinajstić information content (AvgIpc) is 2.26. The van der Waals surface area contributed by atoms with Crippen LogP contribution in [0, 0.1) is 5.41 Å². The van der Waals surface area contributed by atoms with Gasteiger partial charge in [0, 0.05) is 19.3 Å². The standard InChI is InChI=1S/C11H19NO5S/c1-8(18(3,16)17)9(13)12-6-4-11(2,5-7-12)10(14)15/h8H,4-7H2,1-3H3,(H,14,15). The first-order chi connectivity index (χ1) is 8.08. The molecule has 1 saturated heterocycles. The van der Waals surface area contributed by atoms with E-state index < -0.39 is 32.4 Å². The molecule has 7 heteroatoms. The van der Waals surface area contributed by atoms with Gasteiger partial charge in [0.15, 0.2) is 9.84 Å². The van der Waals surface area contributed by atoms with Gasteiger partial charge in [-0.3, -0.25) is 9.59 Å². The van der Waals surface area contributed by atoms with Gasteiger partial charge in [0.1, 0.15) is 5.25 Å². The maximum atomic E-state index is 11.9. The molecule has 104 valence electrons. The zero-order valence-electron chi connectivity index (χ0n) is 10.8.